The van der Waals surface area contributed by atoms with Gasteiger partial charge in [-0.1, -0.05) is 41.9 Å². The highest BCUT2D eigenvalue weighted by Crippen LogP contribution is 2.31. The van der Waals surface area contributed by atoms with Crippen LogP contribution in [0.4, 0.5) is 4.39 Å². The monoisotopic (exact) mass is 376 g/mol. The fourth-order valence-electron chi connectivity index (χ4n) is 1.86. The molecule has 0 saturated carbocycles. The Hall–Kier alpha value is -1.51. The molecule has 8 heteroatoms. The zero-order valence-corrected chi connectivity index (χ0v) is 14.5. The highest BCUT2D eigenvalue weighted by molar-refractivity contribution is 7.85. The molecular weight excluding hydrogens is 359 g/mol. The lowest BCUT2D eigenvalue weighted by atomic mass is 10.0. The zero-order valence-electron chi connectivity index (χ0n) is 12.9. The number of hydrogen-bond acceptors (Lipinski definition) is 4. The lowest BCUT2D eigenvalue weighted by Crippen LogP contribution is -2.10. The van der Waals surface area contributed by atoms with Crippen molar-refractivity contribution in [3.8, 4) is 0 Å². The summed E-state index contributed by atoms with van der Waals surface area (Å²) in [5.74, 6) is -0.302. The van der Waals surface area contributed by atoms with Crippen molar-refractivity contribution in [3.05, 3.63) is 70.5 Å². The first-order valence-electron chi connectivity index (χ1n) is 6.87. The number of ether oxygens (including phenoxy) is 1. The number of hydrogen-bond donors (Lipinski definition) is 2. The van der Waals surface area contributed by atoms with E-state index in [0.29, 0.717) is 11.3 Å². The molecule has 0 aliphatic heterocycles. The SMILES string of the molecule is CS(=O)(=O)O.OCCOC(c1ccc(F)cc1)c1ccccc1Cl. The Kier molecular flexibility index (Phi) is 8.30. The summed E-state index contributed by atoms with van der Waals surface area (Å²) < 4.78 is 44.5. The summed E-state index contributed by atoms with van der Waals surface area (Å²) in [6.07, 6.45) is 0.300. The van der Waals surface area contributed by atoms with Gasteiger partial charge in [0, 0.05) is 10.6 Å². The molecule has 0 saturated heterocycles. The maximum Gasteiger partial charge on any atom is 0.261 e. The van der Waals surface area contributed by atoms with Gasteiger partial charge in [0.1, 0.15) is 11.9 Å². The van der Waals surface area contributed by atoms with Crippen LogP contribution in [-0.4, -0.2) is 37.5 Å². The Morgan fingerprint density at radius 3 is 2.21 bits per heavy atom. The van der Waals surface area contributed by atoms with Gasteiger partial charge in [-0.2, -0.15) is 8.42 Å². The van der Waals surface area contributed by atoms with E-state index < -0.39 is 16.2 Å². The van der Waals surface area contributed by atoms with Crippen molar-refractivity contribution in [2.75, 3.05) is 19.5 Å². The third kappa shape index (κ3) is 7.85. The highest BCUT2D eigenvalue weighted by Gasteiger charge is 2.17. The minimum Gasteiger partial charge on any atom is -0.394 e. The second-order valence-corrected chi connectivity index (χ2v) is 6.65. The Bertz CT molecular complexity index is 726. The third-order valence-corrected chi connectivity index (χ3v) is 3.08. The Labute approximate surface area is 145 Å². The van der Waals surface area contributed by atoms with Crippen molar-refractivity contribution < 1.29 is 27.2 Å². The van der Waals surface area contributed by atoms with Crippen molar-refractivity contribution >= 4 is 21.7 Å². The van der Waals surface area contributed by atoms with Crippen LogP contribution in [0.1, 0.15) is 17.2 Å². The number of aliphatic hydroxyl groups is 1. The number of halogens is 2. The number of benzene rings is 2. The predicted octanol–water partition coefficient (Wildman–Crippen LogP) is 3.08. The van der Waals surface area contributed by atoms with Crippen LogP contribution in [0.5, 0.6) is 0 Å². The summed E-state index contributed by atoms with van der Waals surface area (Å²) in [6, 6.07) is 13.4. The first-order chi connectivity index (χ1) is 11.2. The van der Waals surface area contributed by atoms with Crippen LogP contribution >= 0.6 is 11.6 Å². The molecule has 0 radical (unpaired) electrons. The first kappa shape index (κ1) is 20.5. The normalized spacial score (nSPS) is 12.2. The van der Waals surface area contributed by atoms with E-state index in [-0.39, 0.29) is 19.0 Å². The average Bonchev–Trinajstić information content (AvgIpc) is 2.49. The van der Waals surface area contributed by atoms with Gasteiger partial charge in [-0.3, -0.25) is 4.55 Å². The molecule has 5 nitrogen and oxygen atoms in total. The summed E-state index contributed by atoms with van der Waals surface area (Å²) in [5.41, 5.74) is 1.59. The minimum absolute atomic E-state index is 0.0812. The first-order valence-corrected chi connectivity index (χ1v) is 9.10. The van der Waals surface area contributed by atoms with Gasteiger partial charge in [-0.15, -0.1) is 0 Å². The summed E-state index contributed by atoms with van der Waals surface area (Å²) in [7, 11) is -3.67. The van der Waals surface area contributed by atoms with Crippen molar-refractivity contribution in [1.29, 1.82) is 0 Å². The van der Waals surface area contributed by atoms with Gasteiger partial charge >= 0.3 is 0 Å². The van der Waals surface area contributed by atoms with E-state index in [1.807, 2.05) is 18.2 Å². The molecule has 0 aliphatic rings. The fraction of sp³-hybridized carbons (Fsp3) is 0.250. The summed E-state index contributed by atoms with van der Waals surface area (Å²) >= 11 is 6.16. The zero-order chi connectivity index (χ0) is 18.2. The average molecular weight is 377 g/mol. The van der Waals surface area contributed by atoms with Crippen molar-refractivity contribution in [1.82, 2.24) is 0 Å². The second-order valence-electron chi connectivity index (χ2n) is 4.78. The molecule has 1 atom stereocenters. The van der Waals surface area contributed by atoms with E-state index in [0.717, 1.165) is 11.1 Å². The second kappa shape index (κ2) is 9.71. The van der Waals surface area contributed by atoms with Crippen LogP contribution in [0.15, 0.2) is 48.5 Å². The van der Waals surface area contributed by atoms with Crippen molar-refractivity contribution in [2.45, 2.75) is 6.10 Å². The van der Waals surface area contributed by atoms with Crippen LogP contribution in [0.3, 0.4) is 0 Å². The Morgan fingerprint density at radius 2 is 1.71 bits per heavy atom. The van der Waals surface area contributed by atoms with E-state index in [9.17, 15) is 12.8 Å². The van der Waals surface area contributed by atoms with E-state index in [1.165, 1.54) is 12.1 Å². The smallest absolute Gasteiger partial charge is 0.261 e. The molecule has 0 amide bonds. The molecule has 0 aliphatic carbocycles. The van der Waals surface area contributed by atoms with Gasteiger partial charge in [-0.25, -0.2) is 4.39 Å². The molecule has 2 rings (SSSR count). The molecule has 132 valence electrons. The van der Waals surface area contributed by atoms with E-state index >= 15 is 0 Å². The molecule has 2 aromatic rings. The maximum atomic E-state index is 13.0. The standard InChI is InChI=1S/C15H14ClFO2.CH4O3S/c16-14-4-2-1-3-13(14)15(19-10-9-18)11-5-7-12(17)8-6-11;1-5(2,3)4/h1-8,15,18H,9-10H2;1H3,(H,2,3,4). The molecular formula is C16H18ClFO5S. The topological polar surface area (TPSA) is 83.8 Å². The molecule has 2 aromatic carbocycles. The predicted molar refractivity (Wildman–Crippen MR) is 90.2 cm³/mol. The van der Waals surface area contributed by atoms with Crippen LogP contribution in [0, 0.1) is 5.82 Å². The van der Waals surface area contributed by atoms with E-state index in [2.05, 4.69) is 0 Å². The Morgan fingerprint density at radius 1 is 1.17 bits per heavy atom. The lowest BCUT2D eigenvalue weighted by molar-refractivity contribution is 0.0501. The van der Waals surface area contributed by atoms with Crippen LogP contribution in [0.25, 0.3) is 0 Å². The fourth-order valence-corrected chi connectivity index (χ4v) is 2.10. The van der Waals surface area contributed by atoms with Gasteiger partial charge in [0.15, 0.2) is 0 Å². The molecule has 0 bridgehead atoms. The van der Waals surface area contributed by atoms with Gasteiger partial charge in [-0.05, 0) is 23.8 Å². The number of aliphatic hydroxyl groups excluding tert-OH is 1. The van der Waals surface area contributed by atoms with Crippen molar-refractivity contribution in [3.63, 3.8) is 0 Å². The van der Waals surface area contributed by atoms with Crippen LogP contribution in [-0.2, 0) is 14.9 Å². The van der Waals surface area contributed by atoms with Gasteiger partial charge in [0.25, 0.3) is 10.1 Å². The quantitative estimate of drug-likeness (QED) is 0.783. The number of rotatable bonds is 5. The molecule has 0 fully saturated rings. The molecule has 0 spiro atoms. The van der Waals surface area contributed by atoms with Gasteiger partial charge in [0.2, 0.25) is 0 Å². The highest BCUT2D eigenvalue weighted by atomic mass is 35.5. The largest absolute Gasteiger partial charge is 0.394 e. The molecule has 2 N–H and O–H groups in total. The van der Waals surface area contributed by atoms with Gasteiger partial charge < -0.3 is 9.84 Å². The summed E-state index contributed by atoms with van der Waals surface area (Å²) in [6.45, 7) is 0.107. The maximum absolute atomic E-state index is 13.0. The minimum atomic E-state index is -3.67. The Balaban J connectivity index is 0.000000505. The third-order valence-electron chi connectivity index (χ3n) is 2.74. The lowest BCUT2D eigenvalue weighted by Gasteiger charge is -2.19. The molecule has 0 heterocycles. The van der Waals surface area contributed by atoms with E-state index in [4.69, 9.17) is 26.0 Å². The molecule has 1 unspecified atom stereocenters. The van der Waals surface area contributed by atoms with E-state index in [1.54, 1.807) is 18.2 Å². The van der Waals surface area contributed by atoms with Gasteiger partial charge in [0.05, 0.1) is 19.5 Å². The summed E-state index contributed by atoms with van der Waals surface area (Å²) in [4.78, 5) is 0. The van der Waals surface area contributed by atoms with Crippen LogP contribution < -0.4 is 0 Å². The molecule has 24 heavy (non-hydrogen) atoms. The van der Waals surface area contributed by atoms with Crippen LogP contribution in [0.2, 0.25) is 5.02 Å². The summed E-state index contributed by atoms with van der Waals surface area (Å²) in [5, 5.41) is 9.48. The molecule has 0 aromatic heterocycles. The van der Waals surface area contributed by atoms with Crippen molar-refractivity contribution in [2.24, 2.45) is 0 Å².